The quantitative estimate of drug-likeness (QED) is 0.534. The summed E-state index contributed by atoms with van der Waals surface area (Å²) >= 11 is 0. The Kier molecular flexibility index (Phi) is 4.79. The van der Waals surface area contributed by atoms with Gasteiger partial charge in [0.25, 0.3) is 5.91 Å². The van der Waals surface area contributed by atoms with Gasteiger partial charge in [0.15, 0.2) is 0 Å². The summed E-state index contributed by atoms with van der Waals surface area (Å²) in [4.78, 5) is 14.1. The van der Waals surface area contributed by atoms with Crippen LogP contribution >= 0.6 is 0 Å². The molecular weight excluding hydrogens is 340 g/mol. The van der Waals surface area contributed by atoms with Crippen LogP contribution in [0.2, 0.25) is 0 Å². The van der Waals surface area contributed by atoms with E-state index in [4.69, 9.17) is 9.15 Å². The van der Waals surface area contributed by atoms with E-state index in [-0.39, 0.29) is 5.91 Å². The monoisotopic (exact) mass is 362 g/mol. The molecule has 0 bridgehead atoms. The first-order valence-electron chi connectivity index (χ1n) is 8.94. The number of hydrogen-bond acceptors (Lipinski definition) is 4. The van der Waals surface area contributed by atoms with E-state index in [9.17, 15) is 4.79 Å². The Hall–Kier alpha value is -2.89. The Balaban J connectivity index is 1.73. The lowest BCUT2D eigenvalue weighted by atomic mass is 9.92. The summed E-state index contributed by atoms with van der Waals surface area (Å²) in [6.07, 6.45) is 0. The van der Waals surface area contributed by atoms with E-state index in [1.807, 2.05) is 43.4 Å². The highest BCUT2D eigenvalue weighted by Crippen LogP contribution is 2.38. The zero-order valence-corrected chi connectivity index (χ0v) is 15.5. The van der Waals surface area contributed by atoms with Gasteiger partial charge in [-0.2, -0.15) is 0 Å². The highest BCUT2D eigenvalue weighted by molar-refractivity contribution is 6.01. The third-order valence-electron chi connectivity index (χ3n) is 4.84. The van der Waals surface area contributed by atoms with Crippen LogP contribution in [0.25, 0.3) is 22.5 Å². The first-order valence-corrected chi connectivity index (χ1v) is 8.94. The smallest absolute Gasteiger partial charge is 0.254 e. The van der Waals surface area contributed by atoms with E-state index in [1.165, 1.54) is 0 Å². The Morgan fingerprint density at radius 3 is 2.56 bits per heavy atom. The number of nitrogens with one attached hydrogen (secondary N) is 1. The minimum atomic E-state index is 0.0776. The summed E-state index contributed by atoms with van der Waals surface area (Å²) < 4.78 is 11.1. The topological polar surface area (TPSA) is 54.7 Å². The fourth-order valence-electron chi connectivity index (χ4n) is 3.55. The summed E-state index contributed by atoms with van der Waals surface area (Å²) in [6.45, 7) is 1.71. The molecule has 1 aliphatic heterocycles. The van der Waals surface area contributed by atoms with Crippen molar-refractivity contribution in [2.75, 3.05) is 20.9 Å². The molecule has 0 aliphatic carbocycles. The van der Waals surface area contributed by atoms with Crippen molar-refractivity contribution >= 4 is 5.91 Å². The maximum Gasteiger partial charge on any atom is 0.254 e. The summed E-state index contributed by atoms with van der Waals surface area (Å²) in [5.74, 6) is 1.74. The number of nitrogens with zero attached hydrogens (tertiary/aromatic N) is 1. The maximum atomic E-state index is 12.4. The second-order valence-corrected chi connectivity index (χ2v) is 6.66. The predicted octanol–water partition coefficient (Wildman–Crippen LogP) is 3.89. The maximum absolute atomic E-state index is 12.4. The highest BCUT2D eigenvalue weighted by atomic mass is 16.5. The Morgan fingerprint density at radius 1 is 1.00 bits per heavy atom. The minimum absolute atomic E-state index is 0.0776. The van der Waals surface area contributed by atoms with Gasteiger partial charge in [-0.05, 0) is 34.9 Å². The van der Waals surface area contributed by atoms with E-state index in [2.05, 4.69) is 23.5 Å². The van der Waals surface area contributed by atoms with Crippen LogP contribution in [0.4, 0.5) is 0 Å². The number of rotatable bonds is 6. The van der Waals surface area contributed by atoms with Crippen LogP contribution in [-0.2, 0) is 17.8 Å². The van der Waals surface area contributed by atoms with Crippen molar-refractivity contribution in [2.45, 2.75) is 13.1 Å². The predicted molar refractivity (Wildman–Crippen MR) is 104 cm³/mol. The number of carbonyl (C=O) groups is 1. The normalized spacial score (nSPS) is 13.3. The van der Waals surface area contributed by atoms with E-state index >= 15 is 0 Å². The summed E-state index contributed by atoms with van der Waals surface area (Å²) in [5.41, 5.74) is 5.03. The SMILES string of the molecule is COCNCc1ccc(-c2ccccc2-c2cccc3c2CN(C)C3=O)o1. The van der Waals surface area contributed by atoms with Gasteiger partial charge in [-0.1, -0.05) is 36.4 Å². The lowest BCUT2D eigenvalue weighted by molar-refractivity contribution is 0.0816. The number of hydrogen-bond donors (Lipinski definition) is 1. The van der Waals surface area contributed by atoms with Gasteiger partial charge in [0.05, 0.1) is 13.3 Å². The minimum Gasteiger partial charge on any atom is -0.460 e. The van der Waals surface area contributed by atoms with Crippen molar-refractivity contribution in [1.29, 1.82) is 0 Å². The molecule has 2 heterocycles. The second-order valence-electron chi connectivity index (χ2n) is 6.66. The Morgan fingerprint density at radius 2 is 1.74 bits per heavy atom. The Bertz CT molecular complexity index is 977. The standard InChI is InChI=1S/C22H22N2O3/c1-24-13-20-17(8-5-9-19(20)22(24)25)16-6-3-4-7-18(16)21-11-10-15(27-21)12-23-14-26-2/h3-11,23H,12-14H2,1-2H3. The average Bonchev–Trinajstić information content (AvgIpc) is 3.27. The van der Waals surface area contributed by atoms with Gasteiger partial charge in [0.2, 0.25) is 0 Å². The van der Waals surface area contributed by atoms with Gasteiger partial charge in [-0.15, -0.1) is 0 Å². The van der Waals surface area contributed by atoms with E-state index < -0.39 is 0 Å². The average molecular weight is 362 g/mol. The summed E-state index contributed by atoms with van der Waals surface area (Å²) in [6, 6.07) is 18.1. The molecule has 0 fully saturated rings. The zero-order chi connectivity index (χ0) is 18.8. The van der Waals surface area contributed by atoms with Crippen molar-refractivity contribution in [3.05, 3.63) is 71.5 Å². The summed E-state index contributed by atoms with van der Waals surface area (Å²) in [5, 5.41) is 3.15. The molecule has 1 amide bonds. The fourth-order valence-corrected chi connectivity index (χ4v) is 3.55. The van der Waals surface area contributed by atoms with Gasteiger partial charge < -0.3 is 14.1 Å². The van der Waals surface area contributed by atoms with Crippen LogP contribution in [-0.4, -0.2) is 31.7 Å². The van der Waals surface area contributed by atoms with E-state index in [1.54, 1.807) is 12.0 Å². The lowest BCUT2D eigenvalue weighted by Crippen LogP contribution is -2.17. The molecule has 0 spiro atoms. The molecule has 138 valence electrons. The van der Waals surface area contributed by atoms with E-state index in [0.29, 0.717) is 19.8 Å². The van der Waals surface area contributed by atoms with Crippen molar-refractivity contribution in [3.63, 3.8) is 0 Å². The van der Waals surface area contributed by atoms with Gasteiger partial charge >= 0.3 is 0 Å². The number of amides is 1. The molecular formula is C22H22N2O3. The third kappa shape index (κ3) is 3.27. The first-order chi connectivity index (χ1) is 13.2. The van der Waals surface area contributed by atoms with Gasteiger partial charge in [0.1, 0.15) is 11.5 Å². The highest BCUT2D eigenvalue weighted by Gasteiger charge is 2.27. The molecule has 0 saturated heterocycles. The number of methoxy groups -OCH3 is 1. The molecule has 1 aromatic heterocycles. The third-order valence-corrected chi connectivity index (χ3v) is 4.84. The molecule has 0 atom stereocenters. The Labute approximate surface area is 158 Å². The zero-order valence-electron chi connectivity index (χ0n) is 15.5. The van der Waals surface area contributed by atoms with Crippen molar-refractivity contribution in [2.24, 2.45) is 0 Å². The molecule has 2 aromatic carbocycles. The molecule has 1 N–H and O–H groups in total. The number of ether oxygens (including phenoxy) is 1. The van der Waals surface area contributed by atoms with Gasteiger partial charge in [0, 0.05) is 31.8 Å². The summed E-state index contributed by atoms with van der Waals surface area (Å²) in [7, 11) is 3.49. The molecule has 0 saturated carbocycles. The van der Waals surface area contributed by atoms with Crippen LogP contribution in [0.1, 0.15) is 21.7 Å². The fraction of sp³-hybridized carbons (Fsp3) is 0.227. The largest absolute Gasteiger partial charge is 0.460 e. The molecule has 5 heteroatoms. The van der Waals surface area contributed by atoms with Crippen molar-refractivity contribution < 1.29 is 13.9 Å². The van der Waals surface area contributed by atoms with Gasteiger partial charge in [-0.3, -0.25) is 10.1 Å². The van der Waals surface area contributed by atoms with Crippen LogP contribution in [0.15, 0.2) is 59.0 Å². The van der Waals surface area contributed by atoms with Crippen LogP contribution in [0, 0.1) is 0 Å². The molecule has 4 rings (SSSR count). The molecule has 0 radical (unpaired) electrons. The van der Waals surface area contributed by atoms with Crippen molar-refractivity contribution in [1.82, 2.24) is 10.2 Å². The van der Waals surface area contributed by atoms with Crippen LogP contribution in [0.5, 0.6) is 0 Å². The number of benzene rings is 2. The molecule has 3 aromatic rings. The molecule has 5 nitrogen and oxygen atoms in total. The lowest BCUT2D eigenvalue weighted by Gasteiger charge is -2.12. The molecule has 1 aliphatic rings. The van der Waals surface area contributed by atoms with Gasteiger partial charge in [-0.25, -0.2) is 0 Å². The number of fused-ring (bicyclic) bond motifs is 1. The molecule has 0 unspecified atom stereocenters. The van der Waals surface area contributed by atoms with Crippen LogP contribution in [0.3, 0.4) is 0 Å². The first kappa shape index (κ1) is 17.5. The second kappa shape index (κ2) is 7.39. The van der Waals surface area contributed by atoms with Crippen molar-refractivity contribution in [3.8, 4) is 22.5 Å². The number of carbonyl (C=O) groups excluding carboxylic acids is 1. The van der Waals surface area contributed by atoms with E-state index in [0.717, 1.165) is 39.3 Å². The number of furan rings is 1. The molecule has 27 heavy (non-hydrogen) atoms. The van der Waals surface area contributed by atoms with Crippen LogP contribution < -0.4 is 5.32 Å².